The van der Waals surface area contributed by atoms with E-state index in [4.69, 9.17) is 5.73 Å². The van der Waals surface area contributed by atoms with Crippen molar-refractivity contribution in [3.63, 3.8) is 0 Å². The van der Waals surface area contributed by atoms with Crippen LogP contribution >= 0.6 is 0 Å². The van der Waals surface area contributed by atoms with Crippen molar-refractivity contribution in [2.24, 2.45) is 0 Å². The first-order valence-electron chi connectivity index (χ1n) is 8.62. The van der Waals surface area contributed by atoms with Gasteiger partial charge in [-0.3, -0.25) is 6.08 Å². The minimum absolute atomic E-state index is 0. The molecule has 1 aliphatic carbocycles. The number of carbonyl (C=O) groups excluding carboxylic acids is 1. The Kier molecular flexibility index (Phi) is 24.4. The van der Waals surface area contributed by atoms with Gasteiger partial charge in [0.15, 0.2) is 0 Å². The van der Waals surface area contributed by atoms with Crippen LogP contribution in [0.5, 0.6) is 0 Å². The Morgan fingerprint density at radius 2 is 1.48 bits per heavy atom. The average Bonchev–Trinajstić information content (AvgIpc) is 2.98. The second kappa shape index (κ2) is 19.2. The first kappa shape index (κ1) is 34.4. The van der Waals surface area contributed by atoms with E-state index in [2.05, 4.69) is 32.2 Å². The Balaban J connectivity index is -0.000000186. The number of rotatable bonds is 3. The molecule has 0 bridgehead atoms. The first-order valence-corrected chi connectivity index (χ1v) is 10.9. The molecule has 1 amide bonds. The summed E-state index contributed by atoms with van der Waals surface area (Å²) in [5.41, 5.74) is 11.3. The summed E-state index contributed by atoms with van der Waals surface area (Å²) >= 11 is 0. The summed E-state index contributed by atoms with van der Waals surface area (Å²) in [7, 11) is 0.750. The molecule has 1 radical (unpaired) electrons. The molecule has 0 heterocycles. The van der Waals surface area contributed by atoms with Crippen LogP contribution in [0.15, 0.2) is 35.9 Å². The van der Waals surface area contributed by atoms with E-state index in [0.717, 1.165) is 27.1 Å². The Morgan fingerprint density at radius 3 is 1.67 bits per heavy atom. The van der Waals surface area contributed by atoms with Crippen LogP contribution in [0.3, 0.4) is 0 Å². The molecule has 27 heavy (non-hydrogen) atoms. The van der Waals surface area contributed by atoms with Crippen molar-refractivity contribution in [1.29, 1.82) is 0 Å². The van der Waals surface area contributed by atoms with Crippen LogP contribution < -0.4 is 24.8 Å². The molecule has 1 N–H and O–H groups in total. The molecule has 0 spiro atoms. The van der Waals surface area contributed by atoms with Crippen LogP contribution in [0.25, 0.3) is 5.73 Å². The van der Waals surface area contributed by atoms with E-state index < -0.39 is 5.91 Å². The topological polar surface area (TPSA) is 40.9 Å². The molecule has 1 aliphatic rings. The van der Waals surface area contributed by atoms with Crippen molar-refractivity contribution in [3.8, 4) is 0 Å². The molecule has 0 aromatic heterocycles. The zero-order chi connectivity index (χ0) is 18.7. The molecule has 2 rings (SSSR count). The van der Waals surface area contributed by atoms with Crippen molar-refractivity contribution in [1.82, 2.24) is 0 Å². The van der Waals surface area contributed by atoms with Crippen LogP contribution in [0, 0.1) is 6.08 Å². The maximum absolute atomic E-state index is 11.4. The van der Waals surface area contributed by atoms with Crippen LogP contribution in [-0.2, 0) is 26.2 Å². The number of carbonyl (C=O) groups is 1. The smallest absolute Gasteiger partial charge is 1.00 e. The van der Waals surface area contributed by atoms with Gasteiger partial charge in [0.1, 0.15) is 0 Å². The third kappa shape index (κ3) is 13.6. The van der Waals surface area contributed by atoms with Gasteiger partial charge in [-0.2, -0.15) is 6.08 Å². The van der Waals surface area contributed by atoms with E-state index in [1.807, 2.05) is 52.0 Å². The summed E-state index contributed by atoms with van der Waals surface area (Å²) in [4.78, 5) is 11.4. The van der Waals surface area contributed by atoms with Crippen molar-refractivity contribution in [2.75, 3.05) is 0 Å². The molecule has 0 atom stereocenters. The molecule has 6 heteroatoms. The minimum Gasteiger partial charge on any atom is -1.00 e. The molecule has 0 saturated carbocycles. The summed E-state index contributed by atoms with van der Waals surface area (Å²) in [6.07, 6.45) is 8.24. The summed E-state index contributed by atoms with van der Waals surface area (Å²) < 4.78 is 0. The Labute approximate surface area is 200 Å². The molecule has 0 aliphatic heterocycles. The van der Waals surface area contributed by atoms with Crippen molar-refractivity contribution in [2.45, 2.75) is 66.0 Å². The molecule has 1 aromatic carbocycles. The zero-order valence-corrected chi connectivity index (χ0v) is 22.6. The number of benzene rings is 1. The summed E-state index contributed by atoms with van der Waals surface area (Å²) in [6.45, 7) is 14.7. The number of hydrogen-bond acceptors (Lipinski definition) is 1. The first-order chi connectivity index (χ1) is 11.3. The SMILES string of the molecule is CC(C)c1cccc(C(C)C)c1C([NH-])=O.CC1=CC[C-]=C1.C[SiH]C.[Cl-].[Cl-].[Zr+4]. The van der Waals surface area contributed by atoms with Crippen molar-refractivity contribution in [3.05, 3.63) is 64.4 Å². The van der Waals surface area contributed by atoms with Gasteiger partial charge in [-0.05, 0) is 23.0 Å². The predicted octanol–water partition coefficient (Wildman–Crippen LogP) is 0.346. The summed E-state index contributed by atoms with van der Waals surface area (Å²) in [5, 5.41) is 0. The third-order valence-corrected chi connectivity index (χ3v) is 3.47. The number of allylic oxidation sites excluding steroid dienone is 4. The monoisotopic (exact) mass is 502 g/mol. The maximum Gasteiger partial charge on any atom is 4.00 e. The minimum atomic E-state index is -0.567. The maximum atomic E-state index is 11.4. The molecule has 0 saturated heterocycles. The van der Waals surface area contributed by atoms with E-state index in [9.17, 15) is 4.79 Å². The fourth-order valence-corrected chi connectivity index (χ4v) is 2.31. The Morgan fingerprint density at radius 1 is 1.07 bits per heavy atom. The van der Waals surface area contributed by atoms with Gasteiger partial charge in [-0.15, -0.1) is 13.3 Å². The molecular weight excluding hydrogens is 472 g/mol. The fraction of sp³-hybridized carbons (Fsp3) is 0.476. The fourth-order valence-electron chi connectivity index (χ4n) is 2.31. The van der Waals surface area contributed by atoms with Crippen molar-refractivity contribution >= 4 is 15.4 Å². The molecule has 2 nitrogen and oxygen atoms in total. The Hall–Kier alpha value is -0.150. The number of hydrogen-bond donors (Lipinski definition) is 0. The number of halogens is 2. The van der Waals surface area contributed by atoms with E-state index >= 15 is 0 Å². The standard InChI is InChI=1S/C13H19NO.C6H7.C2H7Si.2ClH.Zr/c1-8(2)10-6-5-7-11(9(3)4)12(10)13(14)15;1-6-4-2-3-5-6;1-3-2;;;/h5-9H,1-4H3,(H2,14,15);4-5H,2H2,1H3;3H,1-2H3;2*1H;/q;-1;;;;+4/p-3. The van der Waals surface area contributed by atoms with Crippen LogP contribution in [-0.4, -0.2) is 15.4 Å². The van der Waals surface area contributed by atoms with Crippen molar-refractivity contribution < 1.29 is 55.8 Å². The van der Waals surface area contributed by atoms with Gasteiger partial charge < -0.3 is 35.3 Å². The van der Waals surface area contributed by atoms with Crippen LogP contribution in [0.4, 0.5) is 0 Å². The predicted molar refractivity (Wildman–Crippen MR) is 108 cm³/mol. The van der Waals surface area contributed by atoms with Crippen LogP contribution in [0.2, 0.25) is 13.1 Å². The third-order valence-electron chi connectivity index (χ3n) is 3.47. The van der Waals surface area contributed by atoms with Gasteiger partial charge in [0.25, 0.3) is 0 Å². The van der Waals surface area contributed by atoms with Gasteiger partial charge in [0.05, 0.1) is 5.91 Å². The molecule has 0 unspecified atom stereocenters. The number of amides is 1. The zero-order valence-electron chi connectivity index (χ0n) is 17.5. The van der Waals surface area contributed by atoms with Gasteiger partial charge >= 0.3 is 26.2 Å². The Bertz CT molecular complexity index is 559. The second-order valence-electron chi connectivity index (χ2n) is 6.53. The van der Waals surface area contributed by atoms with Crippen LogP contribution in [0.1, 0.15) is 74.4 Å². The van der Waals surface area contributed by atoms with Gasteiger partial charge in [0.2, 0.25) is 0 Å². The largest absolute Gasteiger partial charge is 4.00 e. The molecular formula is C21H32Cl2NOSiZr. The molecule has 0 fully saturated rings. The van der Waals surface area contributed by atoms with Gasteiger partial charge in [0, 0.05) is 15.1 Å². The summed E-state index contributed by atoms with van der Waals surface area (Å²) in [5.74, 6) is 0.00370. The van der Waals surface area contributed by atoms with E-state index in [1.54, 1.807) is 0 Å². The molecule has 1 aromatic rings. The quantitative estimate of drug-likeness (QED) is 0.433. The second-order valence-corrected chi connectivity index (χ2v) is 7.68. The van der Waals surface area contributed by atoms with E-state index in [0.29, 0.717) is 5.56 Å². The van der Waals surface area contributed by atoms with Gasteiger partial charge in [-0.25, -0.2) is 11.6 Å². The van der Waals surface area contributed by atoms with E-state index in [-0.39, 0.29) is 62.9 Å². The molecule has 149 valence electrons. The van der Waals surface area contributed by atoms with Gasteiger partial charge in [-0.1, -0.05) is 59.0 Å². The van der Waals surface area contributed by atoms with E-state index in [1.165, 1.54) is 5.57 Å². The average molecular weight is 505 g/mol. The normalized spacial score (nSPS) is 10.9. The summed E-state index contributed by atoms with van der Waals surface area (Å²) in [6, 6.07) is 5.85. The number of nitrogens with one attached hydrogen (secondary N) is 1.